The van der Waals surface area contributed by atoms with E-state index in [0.29, 0.717) is 55.3 Å². The van der Waals surface area contributed by atoms with Gasteiger partial charge in [-0.25, -0.2) is 4.98 Å². The average Bonchev–Trinajstić information content (AvgIpc) is 3.39. The number of aryl methyl sites for hydroxylation is 2. The van der Waals surface area contributed by atoms with Gasteiger partial charge in [0.15, 0.2) is 5.65 Å². The molecule has 10 heteroatoms. The van der Waals surface area contributed by atoms with E-state index in [1.54, 1.807) is 65.2 Å². The lowest BCUT2D eigenvalue weighted by atomic mass is 10.0. The van der Waals surface area contributed by atoms with E-state index in [1.807, 2.05) is 19.1 Å². The van der Waals surface area contributed by atoms with Crippen LogP contribution in [0.3, 0.4) is 0 Å². The van der Waals surface area contributed by atoms with Crippen molar-refractivity contribution in [3.63, 3.8) is 0 Å². The number of nitrogens with zero attached hydrogens (tertiary/aromatic N) is 5. The Morgan fingerprint density at radius 3 is 2.49 bits per heavy atom. The van der Waals surface area contributed by atoms with Crippen molar-refractivity contribution >= 4 is 57.4 Å². The molecule has 0 spiro atoms. The number of rotatable bonds is 5. The zero-order valence-electron chi connectivity index (χ0n) is 18.8. The van der Waals surface area contributed by atoms with Gasteiger partial charge in [-0.1, -0.05) is 53.0 Å². The first-order valence-electron chi connectivity index (χ1n) is 10.7. The van der Waals surface area contributed by atoms with Crippen LogP contribution in [0.25, 0.3) is 22.3 Å². The molecule has 5 aromatic rings. The lowest BCUT2D eigenvalue weighted by Crippen LogP contribution is -2.13. The Hall–Kier alpha value is -3.39. The Morgan fingerprint density at radius 1 is 1.06 bits per heavy atom. The van der Waals surface area contributed by atoms with Gasteiger partial charge in [0.2, 0.25) is 0 Å². The molecule has 3 aromatic heterocycles. The van der Waals surface area contributed by atoms with E-state index in [0.717, 1.165) is 11.1 Å². The molecule has 1 N–H and O–H groups in total. The number of halogens is 3. The zero-order chi connectivity index (χ0) is 24.7. The Morgan fingerprint density at radius 2 is 1.77 bits per heavy atom. The minimum absolute atomic E-state index is 0.293. The number of amides is 1. The number of anilines is 1. The molecule has 0 aliphatic heterocycles. The van der Waals surface area contributed by atoms with E-state index in [9.17, 15) is 4.79 Å². The van der Waals surface area contributed by atoms with E-state index in [2.05, 4.69) is 15.5 Å². The molecule has 0 unspecified atom stereocenters. The van der Waals surface area contributed by atoms with Crippen LogP contribution in [0.4, 0.5) is 5.69 Å². The van der Waals surface area contributed by atoms with Crippen molar-refractivity contribution in [1.29, 1.82) is 0 Å². The van der Waals surface area contributed by atoms with Gasteiger partial charge < -0.3 is 5.32 Å². The van der Waals surface area contributed by atoms with Crippen LogP contribution in [0, 0.1) is 6.92 Å². The smallest absolute Gasteiger partial charge is 0.256 e. The SMILES string of the molecule is Cc1nn(C)c2nc(-c3ccc(Cl)cc3)cc(C(=O)Nc3cnn(Cc4c(Cl)cccc4Cl)c3)c12. The van der Waals surface area contributed by atoms with Crippen molar-refractivity contribution in [1.82, 2.24) is 24.5 Å². The van der Waals surface area contributed by atoms with Crippen LogP contribution >= 0.6 is 34.8 Å². The molecule has 0 bridgehead atoms. The van der Waals surface area contributed by atoms with E-state index in [4.69, 9.17) is 39.8 Å². The molecule has 7 nitrogen and oxygen atoms in total. The number of fused-ring (bicyclic) bond motifs is 1. The van der Waals surface area contributed by atoms with Crippen LogP contribution in [0.2, 0.25) is 15.1 Å². The van der Waals surface area contributed by atoms with Gasteiger partial charge >= 0.3 is 0 Å². The molecule has 1 amide bonds. The van der Waals surface area contributed by atoms with E-state index >= 15 is 0 Å². The summed E-state index contributed by atoms with van der Waals surface area (Å²) in [6.07, 6.45) is 3.31. The molecule has 0 radical (unpaired) electrons. The summed E-state index contributed by atoms with van der Waals surface area (Å²) >= 11 is 18.6. The van der Waals surface area contributed by atoms with E-state index < -0.39 is 0 Å². The van der Waals surface area contributed by atoms with Gasteiger partial charge in [-0.3, -0.25) is 14.2 Å². The highest BCUT2D eigenvalue weighted by atomic mass is 35.5. The second-order valence-electron chi connectivity index (χ2n) is 8.05. The third-order valence-corrected chi connectivity index (χ3v) is 6.59. The Labute approximate surface area is 216 Å². The number of nitrogens with one attached hydrogen (secondary N) is 1. The van der Waals surface area contributed by atoms with Gasteiger partial charge in [0.1, 0.15) is 0 Å². The molecule has 0 atom stereocenters. The molecule has 0 saturated carbocycles. The molecular weight excluding hydrogens is 507 g/mol. The van der Waals surface area contributed by atoms with Crippen molar-refractivity contribution < 1.29 is 4.79 Å². The highest BCUT2D eigenvalue weighted by Gasteiger charge is 2.20. The normalized spacial score (nSPS) is 11.2. The van der Waals surface area contributed by atoms with Gasteiger partial charge in [-0.2, -0.15) is 10.2 Å². The number of hydrogen-bond donors (Lipinski definition) is 1. The topological polar surface area (TPSA) is 77.6 Å². The fourth-order valence-corrected chi connectivity index (χ4v) is 4.59. The van der Waals surface area contributed by atoms with Crippen LogP contribution < -0.4 is 5.32 Å². The number of hydrogen-bond acceptors (Lipinski definition) is 4. The summed E-state index contributed by atoms with van der Waals surface area (Å²) in [7, 11) is 1.81. The molecule has 2 aromatic carbocycles. The minimum Gasteiger partial charge on any atom is -0.319 e. The molecular formula is C25H19Cl3N6O. The Balaban J connectivity index is 1.48. The highest BCUT2D eigenvalue weighted by Crippen LogP contribution is 2.29. The molecule has 0 aliphatic carbocycles. The standard InChI is InChI=1S/C25H19Cl3N6O/c1-14-23-18(10-22(31-24(23)33(2)32-14)15-6-8-16(26)9-7-15)25(35)30-17-11-29-34(12-17)13-19-20(27)4-3-5-21(19)28/h3-12H,13H2,1-2H3,(H,30,35). The second-order valence-corrected chi connectivity index (χ2v) is 9.30. The largest absolute Gasteiger partial charge is 0.319 e. The van der Waals surface area contributed by atoms with Gasteiger partial charge in [-0.15, -0.1) is 0 Å². The quantitative estimate of drug-likeness (QED) is 0.288. The first kappa shape index (κ1) is 23.4. The van der Waals surface area contributed by atoms with Gasteiger partial charge in [0.05, 0.1) is 40.8 Å². The summed E-state index contributed by atoms with van der Waals surface area (Å²) in [4.78, 5) is 18.2. The van der Waals surface area contributed by atoms with Crippen LogP contribution in [0.1, 0.15) is 21.6 Å². The number of aromatic nitrogens is 5. The summed E-state index contributed by atoms with van der Waals surface area (Å²) in [5.74, 6) is -0.293. The van der Waals surface area contributed by atoms with E-state index in [1.165, 1.54) is 0 Å². The monoisotopic (exact) mass is 524 g/mol. The minimum atomic E-state index is -0.293. The van der Waals surface area contributed by atoms with Gasteiger partial charge in [0, 0.05) is 39.4 Å². The predicted octanol–water partition coefficient (Wildman–Crippen LogP) is 6.40. The third-order valence-electron chi connectivity index (χ3n) is 5.63. The molecule has 5 rings (SSSR count). The Kier molecular flexibility index (Phi) is 6.23. The van der Waals surface area contributed by atoms with Crippen LogP contribution in [0.15, 0.2) is 60.9 Å². The first-order chi connectivity index (χ1) is 16.8. The molecule has 176 valence electrons. The lowest BCUT2D eigenvalue weighted by Gasteiger charge is -2.09. The molecule has 0 fully saturated rings. The molecule has 0 aliphatic rings. The summed E-state index contributed by atoms with van der Waals surface area (Å²) in [5, 5.41) is 14.2. The number of carbonyl (C=O) groups is 1. The van der Waals surface area contributed by atoms with Gasteiger partial charge in [-0.05, 0) is 37.3 Å². The zero-order valence-corrected chi connectivity index (χ0v) is 21.0. The first-order valence-corrected chi connectivity index (χ1v) is 11.8. The number of benzene rings is 2. The molecule has 0 saturated heterocycles. The second kappa shape index (κ2) is 9.34. The fraction of sp³-hybridized carbons (Fsp3) is 0.120. The maximum absolute atomic E-state index is 13.4. The van der Waals surface area contributed by atoms with Crippen LogP contribution in [-0.2, 0) is 13.6 Å². The van der Waals surface area contributed by atoms with Crippen molar-refractivity contribution in [3.8, 4) is 11.3 Å². The highest BCUT2D eigenvalue weighted by molar-refractivity contribution is 6.36. The molecule has 3 heterocycles. The average molecular weight is 526 g/mol. The summed E-state index contributed by atoms with van der Waals surface area (Å²) in [6, 6.07) is 14.4. The van der Waals surface area contributed by atoms with Crippen molar-refractivity contribution in [2.24, 2.45) is 7.05 Å². The predicted molar refractivity (Wildman–Crippen MR) is 139 cm³/mol. The lowest BCUT2D eigenvalue weighted by molar-refractivity contribution is 0.102. The maximum Gasteiger partial charge on any atom is 0.256 e. The fourth-order valence-electron chi connectivity index (χ4n) is 3.95. The Bertz CT molecular complexity index is 1550. The van der Waals surface area contributed by atoms with Crippen molar-refractivity contribution in [2.75, 3.05) is 5.32 Å². The van der Waals surface area contributed by atoms with E-state index in [-0.39, 0.29) is 5.91 Å². The summed E-state index contributed by atoms with van der Waals surface area (Å²) in [5.41, 5.74) is 4.58. The summed E-state index contributed by atoms with van der Waals surface area (Å²) < 4.78 is 3.34. The maximum atomic E-state index is 13.4. The molecule has 35 heavy (non-hydrogen) atoms. The van der Waals surface area contributed by atoms with Crippen LogP contribution in [-0.4, -0.2) is 30.5 Å². The van der Waals surface area contributed by atoms with Gasteiger partial charge in [0.25, 0.3) is 5.91 Å². The number of pyridine rings is 1. The van der Waals surface area contributed by atoms with Crippen molar-refractivity contribution in [3.05, 3.63) is 92.8 Å². The third kappa shape index (κ3) is 4.62. The van der Waals surface area contributed by atoms with Crippen LogP contribution in [0.5, 0.6) is 0 Å². The summed E-state index contributed by atoms with van der Waals surface area (Å²) in [6.45, 7) is 2.23. The number of carbonyl (C=O) groups excluding carboxylic acids is 1. The van der Waals surface area contributed by atoms with Crippen molar-refractivity contribution in [2.45, 2.75) is 13.5 Å².